The molecule has 1 aromatic rings. The summed E-state index contributed by atoms with van der Waals surface area (Å²) in [4.78, 5) is 67.9. The second-order valence-corrected chi connectivity index (χ2v) is 16.1. The molecule has 54 heavy (non-hydrogen) atoms. The fourth-order valence-electron chi connectivity index (χ4n) is 7.16. The van der Waals surface area contributed by atoms with Crippen molar-refractivity contribution in [3.63, 3.8) is 0 Å². The molecular formula is C41H63F3N4O6. The molecule has 13 heteroatoms. The van der Waals surface area contributed by atoms with E-state index in [9.17, 15) is 37.1 Å². The third-order valence-electron chi connectivity index (χ3n) is 10.6. The third kappa shape index (κ3) is 14.4. The molecule has 2 fully saturated rings. The number of benzene rings is 1. The Kier molecular flexibility index (Phi) is 18.1. The SMILES string of the molecule is CC(C)C(=O)OCc1ccc(NC(=O)[C@H](CCCN2CCCCC2)CC(=O)[C@@H](N[C@@H](CCCCCN2C(=O)CC(C(C)C)C2=O)C(F)(F)F)C(C)C)cc1. The molecule has 0 saturated carbocycles. The number of Topliss-reactive ketones (excluding diaryl/α,β-unsaturated/α-hetero) is 1. The van der Waals surface area contributed by atoms with E-state index >= 15 is 0 Å². The predicted octanol–water partition coefficient (Wildman–Crippen LogP) is 7.30. The smallest absolute Gasteiger partial charge is 0.403 e. The van der Waals surface area contributed by atoms with Gasteiger partial charge >= 0.3 is 12.1 Å². The number of anilines is 1. The van der Waals surface area contributed by atoms with Crippen molar-refractivity contribution in [2.75, 3.05) is 31.5 Å². The van der Waals surface area contributed by atoms with E-state index in [0.717, 1.165) is 38.0 Å². The molecule has 10 nitrogen and oxygen atoms in total. The largest absolute Gasteiger partial charge is 0.461 e. The van der Waals surface area contributed by atoms with Crippen LogP contribution in [-0.2, 0) is 35.3 Å². The van der Waals surface area contributed by atoms with Gasteiger partial charge in [0.2, 0.25) is 17.7 Å². The highest BCUT2D eigenvalue weighted by Gasteiger charge is 2.43. The number of nitrogens with zero attached hydrogens (tertiary/aromatic N) is 2. The van der Waals surface area contributed by atoms with Gasteiger partial charge in [-0.2, -0.15) is 13.2 Å². The third-order valence-corrected chi connectivity index (χ3v) is 10.6. The maximum absolute atomic E-state index is 14.3. The van der Waals surface area contributed by atoms with Crippen molar-refractivity contribution in [2.24, 2.45) is 29.6 Å². The maximum atomic E-state index is 14.3. The summed E-state index contributed by atoms with van der Waals surface area (Å²) in [6.45, 7) is 13.7. The van der Waals surface area contributed by atoms with Gasteiger partial charge in [0.15, 0.2) is 5.78 Å². The molecule has 1 unspecified atom stereocenters. The monoisotopic (exact) mass is 764 g/mol. The van der Waals surface area contributed by atoms with Crippen molar-refractivity contribution in [3.8, 4) is 0 Å². The minimum absolute atomic E-state index is 0.0400. The van der Waals surface area contributed by atoms with E-state index in [4.69, 9.17) is 4.74 Å². The van der Waals surface area contributed by atoms with Crippen LogP contribution in [0.1, 0.15) is 118 Å². The van der Waals surface area contributed by atoms with E-state index in [-0.39, 0.29) is 80.3 Å². The van der Waals surface area contributed by atoms with Gasteiger partial charge in [0.25, 0.3) is 0 Å². The van der Waals surface area contributed by atoms with Crippen molar-refractivity contribution in [1.29, 1.82) is 0 Å². The zero-order valence-corrected chi connectivity index (χ0v) is 33.1. The number of amides is 3. The number of alkyl halides is 3. The Labute approximate surface area is 319 Å². The van der Waals surface area contributed by atoms with Gasteiger partial charge in [-0.25, -0.2) is 0 Å². The van der Waals surface area contributed by atoms with Gasteiger partial charge in [0, 0.05) is 36.9 Å². The highest BCUT2D eigenvalue weighted by Crippen LogP contribution is 2.29. The van der Waals surface area contributed by atoms with E-state index in [1.807, 2.05) is 13.8 Å². The average Bonchev–Trinajstić information content (AvgIpc) is 3.40. The number of hydrogen-bond acceptors (Lipinski definition) is 8. The number of carbonyl (C=O) groups excluding carboxylic acids is 5. The molecule has 2 saturated heterocycles. The van der Waals surface area contributed by atoms with Crippen molar-refractivity contribution >= 4 is 35.2 Å². The topological polar surface area (TPSA) is 125 Å². The Morgan fingerprint density at radius 3 is 2.11 bits per heavy atom. The molecule has 2 N–H and O–H groups in total. The summed E-state index contributed by atoms with van der Waals surface area (Å²) in [5.41, 5.74) is 1.25. The molecule has 2 aliphatic rings. The van der Waals surface area contributed by atoms with Crippen LogP contribution in [0.2, 0.25) is 0 Å². The number of piperidine rings is 1. The van der Waals surface area contributed by atoms with Gasteiger partial charge in [-0.05, 0) is 87.7 Å². The van der Waals surface area contributed by atoms with Crippen LogP contribution in [-0.4, -0.2) is 83.7 Å². The molecule has 2 heterocycles. The molecule has 0 bridgehead atoms. The molecule has 3 amide bonds. The molecule has 0 radical (unpaired) electrons. The summed E-state index contributed by atoms with van der Waals surface area (Å²) in [6, 6.07) is 3.82. The summed E-state index contributed by atoms with van der Waals surface area (Å²) >= 11 is 0. The molecule has 3 rings (SSSR count). The Hall–Kier alpha value is -3.32. The van der Waals surface area contributed by atoms with Crippen molar-refractivity contribution < 1.29 is 41.9 Å². The highest BCUT2D eigenvalue weighted by atomic mass is 19.4. The molecule has 304 valence electrons. The van der Waals surface area contributed by atoms with Crippen molar-refractivity contribution in [1.82, 2.24) is 15.1 Å². The molecular weight excluding hydrogens is 701 g/mol. The molecule has 2 aliphatic heterocycles. The Morgan fingerprint density at radius 2 is 1.54 bits per heavy atom. The number of hydrogen-bond donors (Lipinski definition) is 2. The molecule has 0 aromatic heterocycles. The lowest BCUT2D eigenvalue weighted by molar-refractivity contribution is -0.161. The van der Waals surface area contributed by atoms with Gasteiger partial charge in [-0.15, -0.1) is 0 Å². The number of halogens is 3. The van der Waals surface area contributed by atoms with Crippen LogP contribution in [0.3, 0.4) is 0 Å². The van der Waals surface area contributed by atoms with E-state index in [2.05, 4.69) is 15.5 Å². The fourth-order valence-corrected chi connectivity index (χ4v) is 7.16. The minimum atomic E-state index is -4.61. The fraction of sp³-hybridized carbons (Fsp3) is 0.732. The normalized spacial score (nSPS) is 18.7. The summed E-state index contributed by atoms with van der Waals surface area (Å²) in [6.07, 6.45) is 0.598. The first-order valence-corrected chi connectivity index (χ1v) is 20.0. The number of rotatable bonds is 22. The Balaban J connectivity index is 1.63. The number of ether oxygens (including phenoxy) is 1. The zero-order chi connectivity index (χ0) is 40.0. The number of carbonyl (C=O) groups is 5. The molecule has 0 spiro atoms. The van der Waals surface area contributed by atoms with Crippen LogP contribution in [0, 0.1) is 29.6 Å². The summed E-state index contributed by atoms with van der Waals surface area (Å²) in [7, 11) is 0. The number of nitrogens with one attached hydrogen (secondary N) is 2. The van der Waals surface area contributed by atoms with Crippen LogP contribution in [0.15, 0.2) is 24.3 Å². The lowest BCUT2D eigenvalue weighted by Gasteiger charge is -2.30. The van der Waals surface area contributed by atoms with Crippen molar-refractivity contribution in [2.45, 2.75) is 137 Å². The Bertz CT molecular complexity index is 1380. The van der Waals surface area contributed by atoms with Crippen LogP contribution in [0.25, 0.3) is 0 Å². The van der Waals surface area contributed by atoms with E-state index < -0.39 is 35.9 Å². The second kappa shape index (κ2) is 21.7. The van der Waals surface area contributed by atoms with E-state index in [1.54, 1.807) is 52.0 Å². The Morgan fingerprint density at radius 1 is 0.870 bits per heavy atom. The van der Waals surface area contributed by atoms with Gasteiger partial charge in [-0.3, -0.25) is 34.2 Å². The maximum Gasteiger partial charge on any atom is 0.403 e. The first-order chi connectivity index (χ1) is 25.5. The summed E-state index contributed by atoms with van der Waals surface area (Å²) in [5, 5.41) is 5.52. The highest BCUT2D eigenvalue weighted by molar-refractivity contribution is 6.03. The standard InChI is InChI=1S/C41H63F3N4O6/c1-27(2)33-25-36(50)48(39(33)52)23-12-7-9-15-35(41(42,43)44)46-37(28(3)4)34(49)24-31(14-13-22-47-20-10-8-11-21-47)38(51)45-32-18-16-30(17-19-32)26-54-40(53)29(5)6/h16-19,27-29,31,33,35,37,46H,7-15,20-26H2,1-6H3,(H,45,51)/t31-,33?,35+,37+/m1/s1. The zero-order valence-electron chi connectivity index (χ0n) is 33.1. The molecule has 4 atom stereocenters. The number of esters is 1. The van der Waals surface area contributed by atoms with Crippen LogP contribution >= 0.6 is 0 Å². The average molecular weight is 765 g/mol. The number of unbranched alkanes of at least 4 members (excludes halogenated alkanes) is 2. The van der Waals surface area contributed by atoms with E-state index in [1.165, 1.54) is 11.3 Å². The number of ketones is 1. The molecule has 1 aromatic carbocycles. The molecule has 0 aliphatic carbocycles. The van der Waals surface area contributed by atoms with Gasteiger partial charge in [0.05, 0.1) is 12.0 Å². The second-order valence-electron chi connectivity index (χ2n) is 16.1. The summed E-state index contributed by atoms with van der Waals surface area (Å²) in [5.74, 6) is -3.32. The first-order valence-electron chi connectivity index (χ1n) is 20.0. The van der Waals surface area contributed by atoms with Crippen LogP contribution < -0.4 is 10.6 Å². The van der Waals surface area contributed by atoms with Crippen LogP contribution in [0.4, 0.5) is 18.9 Å². The quantitative estimate of drug-likeness (QED) is 0.0717. The number of imide groups is 1. The van der Waals surface area contributed by atoms with Crippen LogP contribution in [0.5, 0.6) is 0 Å². The lowest BCUT2D eigenvalue weighted by atomic mass is 9.88. The van der Waals surface area contributed by atoms with Gasteiger partial charge in [-0.1, -0.05) is 72.9 Å². The minimum Gasteiger partial charge on any atom is -0.461 e. The van der Waals surface area contributed by atoms with E-state index in [0.29, 0.717) is 31.4 Å². The first kappa shape index (κ1) is 45.1. The predicted molar refractivity (Wildman–Crippen MR) is 202 cm³/mol. The summed E-state index contributed by atoms with van der Waals surface area (Å²) < 4.78 is 48.3. The van der Waals surface area contributed by atoms with Crippen molar-refractivity contribution in [3.05, 3.63) is 29.8 Å². The van der Waals surface area contributed by atoms with Gasteiger partial charge < -0.3 is 15.0 Å². The van der Waals surface area contributed by atoms with Gasteiger partial charge in [0.1, 0.15) is 12.6 Å². The lowest BCUT2D eigenvalue weighted by Crippen LogP contribution is -2.52. The number of likely N-dealkylation sites (tertiary alicyclic amines) is 2.